The molecule has 1 saturated heterocycles. The molecule has 1 aliphatic heterocycles. The zero-order valence-electron chi connectivity index (χ0n) is 13.5. The third-order valence-electron chi connectivity index (χ3n) is 5.23. The summed E-state index contributed by atoms with van der Waals surface area (Å²) in [6.07, 6.45) is 13.2. The summed E-state index contributed by atoms with van der Waals surface area (Å²) < 4.78 is 0. The molecule has 0 bridgehead atoms. The van der Waals surface area contributed by atoms with Crippen LogP contribution in [-0.2, 0) is 5.54 Å². The Morgan fingerprint density at radius 3 is 2.43 bits per heavy atom. The average molecular weight is 308 g/mol. The highest BCUT2D eigenvalue weighted by Crippen LogP contribution is 2.41. The number of hydrogen-bond acceptors (Lipinski definition) is 4. The molecule has 0 unspecified atom stereocenters. The second-order valence-electron chi connectivity index (χ2n) is 6.76. The van der Waals surface area contributed by atoms with Crippen molar-refractivity contribution in [2.24, 2.45) is 0 Å². The fourth-order valence-corrected chi connectivity index (χ4v) is 3.98. The summed E-state index contributed by atoms with van der Waals surface area (Å²) in [6, 6.07) is 8.56. The molecule has 2 aliphatic rings. The van der Waals surface area contributed by atoms with Crippen LogP contribution in [0, 0.1) is 0 Å². The van der Waals surface area contributed by atoms with Crippen LogP contribution in [-0.4, -0.2) is 23.1 Å². The number of pyridine rings is 2. The topological polar surface area (TPSA) is 41.1 Å². The fourth-order valence-electron chi connectivity index (χ4n) is 3.98. The normalized spacial score (nSPS) is 19.9. The Labute approximate surface area is 138 Å². The van der Waals surface area contributed by atoms with Gasteiger partial charge in [-0.25, -0.2) is 4.98 Å². The van der Waals surface area contributed by atoms with Gasteiger partial charge in [0.1, 0.15) is 5.82 Å². The average Bonchev–Trinajstić information content (AvgIpc) is 3.28. The molecule has 0 amide bonds. The number of aromatic nitrogens is 2. The molecule has 0 aromatic carbocycles. The third kappa shape index (κ3) is 2.90. The van der Waals surface area contributed by atoms with Crippen molar-refractivity contribution in [2.75, 3.05) is 23.3 Å². The van der Waals surface area contributed by atoms with Gasteiger partial charge < -0.3 is 10.2 Å². The van der Waals surface area contributed by atoms with Crippen LogP contribution in [0.1, 0.15) is 44.1 Å². The molecule has 1 N–H and O–H groups in total. The van der Waals surface area contributed by atoms with Gasteiger partial charge in [0.2, 0.25) is 0 Å². The molecule has 120 valence electrons. The Kier molecular flexibility index (Phi) is 3.90. The maximum absolute atomic E-state index is 4.76. The number of hydrogen-bond donors (Lipinski definition) is 1. The van der Waals surface area contributed by atoms with Crippen molar-refractivity contribution in [1.29, 1.82) is 0 Å². The van der Waals surface area contributed by atoms with E-state index in [4.69, 9.17) is 4.98 Å². The van der Waals surface area contributed by atoms with Crippen molar-refractivity contribution in [2.45, 2.75) is 44.1 Å². The Morgan fingerprint density at radius 2 is 1.78 bits per heavy atom. The molecule has 0 radical (unpaired) electrons. The summed E-state index contributed by atoms with van der Waals surface area (Å²) in [5, 5.41) is 3.74. The lowest BCUT2D eigenvalue weighted by Crippen LogP contribution is -2.32. The van der Waals surface area contributed by atoms with Crippen LogP contribution in [0.5, 0.6) is 0 Å². The van der Waals surface area contributed by atoms with E-state index < -0.39 is 0 Å². The number of anilines is 2. The summed E-state index contributed by atoms with van der Waals surface area (Å²) in [7, 11) is 0. The van der Waals surface area contributed by atoms with Crippen LogP contribution in [0.4, 0.5) is 11.5 Å². The number of nitrogens with one attached hydrogen (secondary N) is 1. The number of rotatable bonds is 4. The van der Waals surface area contributed by atoms with Crippen LogP contribution >= 0.6 is 0 Å². The van der Waals surface area contributed by atoms with E-state index in [0.29, 0.717) is 0 Å². The second-order valence-corrected chi connectivity index (χ2v) is 6.76. The monoisotopic (exact) mass is 308 g/mol. The van der Waals surface area contributed by atoms with E-state index in [-0.39, 0.29) is 5.54 Å². The molecule has 4 heteroatoms. The Hall–Kier alpha value is -2.10. The molecule has 1 saturated carbocycles. The lowest BCUT2D eigenvalue weighted by Gasteiger charge is -2.32. The van der Waals surface area contributed by atoms with Crippen LogP contribution in [0.15, 0.2) is 42.9 Å². The van der Waals surface area contributed by atoms with E-state index in [1.165, 1.54) is 31.2 Å². The van der Waals surface area contributed by atoms with Gasteiger partial charge >= 0.3 is 0 Å². The van der Waals surface area contributed by atoms with Crippen molar-refractivity contribution < 1.29 is 0 Å². The summed E-state index contributed by atoms with van der Waals surface area (Å²) in [4.78, 5) is 11.4. The molecule has 2 aromatic rings. The maximum Gasteiger partial charge on any atom is 0.128 e. The van der Waals surface area contributed by atoms with Crippen LogP contribution in [0.25, 0.3) is 0 Å². The zero-order valence-corrected chi connectivity index (χ0v) is 13.5. The van der Waals surface area contributed by atoms with Crippen molar-refractivity contribution in [3.05, 3.63) is 48.4 Å². The minimum Gasteiger partial charge on any atom is -0.374 e. The quantitative estimate of drug-likeness (QED) is 0.928. The lowest BCUT2D eigenvalue weighted by atomic mass is 9.89. The first kappa shape index (κ1) is 14.5. The predicted octanol–water partition coefficient (Wildman–Crippen LogP) is 3.96. The van der Waals surface area contributed by atoms with Crippen LogP contribution < -0.4 is 10.2 Å². The molecular formula is C19H24N4. The summed E-state index contributed by atoms with van der Waals surface area (Å²) in [5.41, 5.74) is 2.42. The minimum atomic E-state index is 0.0135. The highest BCUT2D eigenvalue weighted by Gasteiger charge is 2.36. The Balaban J connectivity index is 1.59. The van der Waals surface area contributed by atoms with Crippen LogP contribution in [0.3, 0.4) is 0 Å². The van der Waals surface area contributed by atoms with Gasteiger partial charge in [-0.3, -0.25) is 4.98 Å². The van der Waals surface area contributed by atoms with Gasteiger partial charge in [0.25, 0.3) is 0 Å². The second kappa shape index (κ2) is 6.19. The Morgan fingerprint density at radius 1 is 0.957 bits per heavy atom. The number of nitrogens with zero attached hydrogens (tertiary/aromatic N) is 3. The van der Waals surface area contributed by atoms with Crippen molar-refractivity contribution in [1.82, 2.24) is 9.97 Å². The zero-order chi connectivity index (χ0) is 15.5. The molecule has 0 atom stereocenters. The smallest absolute Gasteiger partial charge is 0.128 e. The van der Waals surface area contributed by atoms with Gasteiger partial charge in [0.05, 0.1) is 11.2 Å². The Bertz CT molecular complexity index is 626. The van der Waals surface area contributed by atoms with Crippen molar-refractivity contribution in [3.63, 3.8) is 0 Å². The third-order valence-corrected chi connectivity index (χ3v) is 5.23. The highest BCUT2D eigenvalue weighted by atomic mass is 15.2. The van der Waals surface area contributed by atoms with E-state index in [9.17, 15) is 0 Å². The SMILES string of the molecule is c1cncc(NC2(c3ccc(N4CCCC4)nc3)CCCC2)c1. The molecule has 2 aromatic heterocycles. The van der Waals surface area contributed by atoms with E-state index in [2.05, 4.69) is 39.6 Å². The first-order valence-corrected chi connectivity index (χ1v) is 8.75. The highest BCUT2D eigenvalue weighted by molar-refractivity contribution is 5.48. The molecule has 3 heterocycles. The van der Waals surface area contributed by atoms with E-state index >= 15 is 0 Å². The molecule has 0 spiro atoms. The predicted molar refractivity (Wildman–Crippen MR) is 93.7 cm³/mol. The van der Waals surface area contributed by atoms with Gasteiger partial charge in [0.15, 0.2) is 0 Å². The van der Waals surface area contributed by atoms with E-state index in [1.807, 2.05) is 18.5 Å². The standard InChI is InChI=1S/C19H24N4/c1-2-10-19(9-1,22-17-6-5-11-20-15-17)16-7-8-18(21-14-16)23-12-3-4-13-23/h5-8,11,14-15,22H,1-4,9-10,12-13H2. The minimum absolute atomic E-state index is 0.0135. The van der Waals surface area contributed by atoms with Crippen LogP contribution in [0.2, 0.25) is 0 Å². The molecular weight excluding hydrogens is 284 g/mol. The molecule has 23 heavy (non-hydrogen) atoms. The van der Waals surface area contributed by atoms with Gasteiger partial charge in [-0.05, 0) is 49.4 Å². The summed E-state index contributed by atoms with van der Waals surface area (Å²) >= 11 is 0. The molecule has 2 fully saturated rings. The summed E-state index contributed by atoms with van der Waals surface area (Å²) in [6.45, 7) is 2.29. The first-order chi connectivity index (χ1) is 11.4. The van der Waals surface area contributed by atoms with Gasteiger partial charge in [-0.2, -0.15) is 0 Å². The van der Waals surface area contributed by atoms with E-state index in [1.54, 1.807) is 0 Å². The van der Waals surface area contributed by atoms with Crippen molar-refractivity contribution >= 4 is 11.5 Å². The van der Waals surface area contributed by atoms with Gasteiger partial charge in [0, 0.05) is 31.7 Å². The molecule has 4 rings (SSSR count). The molecule has 1 aliphatic carbocycles. The summed E-state index contributed by atoms with van der Waals surface area (Å²) in [5.74, 6) is 1.13. The fraction of sp³-hybridized carbons (Fsp3) is 0.474. The lowest BCUT2D eigenvalue weighted by molar-refractivity contribution is 0.506. The van der Waals surface area contributed by atoms with Gasteiger partial charge in [-0.1, -0.05) is 18.9 Å². The largest absolute Gasteiger partial charge is 0.374 e. The maximum atomic E-state index is 4.76. The first-order valence-electron chi connectivity index (χ1n) is 8.75. The van der Waals surface area contributed by atoms with Crippen molar-refractivity contribution in [3.8, 4) is 0 Å². The molecule has 4 nitrogen and oxygen atoms in total. The van der Waals surface area contributed by atoms with E-state index in [0.717, 1.165) is 37.4 Å². The van der Waals surface area contributed by atoms with Gasteiger partial charge in [-0.15, -0.1) is 0 Å².